The molecule has 0 saturated heterocycles. The highest BCUT2D eigenvalue weighted by molar-refractivity contribution is 5.13. The molecule has 0 aromatic carbocycles. The summed E-state index contributed by atoms with van der Waals surface area (Å²) in [7, 11) is 1.37. The maximum atomic E-state index is 12.6. The summed E-state index contributed by atoms with van der Waals surface area (Å²) in [6.07, 6.45) is 1.30. The first-order chi connectivity index (χ1) is 4.74. The van der Waals surface area contributed by atoms with E-state index in [1.54, 1.807) is 6.92 Å². The Morgan fingerprint density at radius 1 is 1.60 bits per heavy atom. The van der Waals surface area contributed by atoms with Gasteiger partial charge in [-0.05, 0) is 6.92 Å². The zero-order chi connectivity index (χ0) is 7.56. The number of hydrogen-bond acceptors (Lipinski definition) is 3. The Balaban J connectivity index is 3.07. The van der Waals surface area contributed by atoms with Gasteiger partial charge in [-0.1, -0.05) is 0 Å². The maximum absolute atomic E-state index is 12.6. The molecule has 4 heteroatoms. The van der Waals surface area contributed by atoms with Crippen LogP contribution in [0.4, 0.5) is 4.39 Å². The van der Waals surface area contributed by atoms with Gasteiger partial charge in [-0.3, -0.25) is 0 Å². The SMILES string of the molecule is COc1cnc(C)nc1F. The molecule has 0 radical (unpaired) electrons. The fraction of sp³-hybridized carbons (Fsp3) is 0.333. The highest BCUT2D eigenvalue weighted by atomic mass is 19.1. The van der Waals surface area contributed by atoms with Crippen molar-refractivity contribution in [2.45, 2.75) is 6.92 Å². The highest BCUT2D eigenvalue weighted by Gasteiger charge is 2.02. The monoisotopic (exact) mass is 142 g/mol. The van der Waals surface area contributed by atoms with E-state index in [2.05, 4.69) is 14.7 Å². The van der Waals surface area contributed by atoms with Crippen molar-refractivity contribution in [3.63, 3.8) is 0 Å². The normalized spacial score (nSPS) is 9.50. The molecule has 0 bridgehead atoms. The zero-order valence-electron chi connectivity index (χ0n) is 5.76. The minimum atomic E-state index is -0.616. The van der Waals surface area contributed by atoms with Gasteiger partial charge >= 0.3 is 0 Å². The molecule has 0 saturated carbocycles. The molecule has 0 atom stereocenters. The number of rotatable bonds is 1. The number of aryl methyl sites for hydroxylation is 1. The highest BCUT2D eigenvalue weighted by Crippen LogP contribution is 2.10. The van der Waals surface area contributed by atoms with Crippen LogP contribution in [0.2, 0.25) is 0 Å². The van der Waals surface area contributed by atoms with Gasteiger partial charge in [0.05, 0.1) is 13.3 Å². The molecule has 10 heavy (non-hydrogen) atoms. The van der Waals surface area contributed by atoms with Crippen molar-refractivity contribution in [3.05, 3.63) is 18.0 Å². The molecule has 0 aliphatic rings. The lowest BCUT2D eigenvalue weighted by molar-refractivity contribution is 0.373. The van der Waals surface area contributed by atoms with Gasteiger partial charge < -0.3 is 4.74 Å². The Labute approximate surface area is 57.9 Å². The first-order valence-electron chi connectivity index (χ1n) is 2.77. The molecule has 0 spiro atoms. The van der Waals surface area contributed by atoms with Gasteiger partial charge in [0, 0.05) is 0 Å². The van der Waals surface area contributed by atoms with Crippen molar-refractivity contribution in [1.29, 1.82) is 0 Å². The molecule has 0 amide bonds. The number of nitrogens with zero attached hydrogens (tertiary/aromatic N) is 2. The van der Waals surface area contributed by atoms with Gasteiger partial charge in [0.1, 0.15) is 5.82 Å². The van der Waals surface area contributed by atoms with E-state index < -0.39 is 5.95 Å². The summed E-state index contributed by atoms with van der Waals surface area (Å²) in [5.41, 5.74) is 0. The lowest BCUT2D eigenvalue weighted by atomic mass is 10.5. The van der Waals surface area contributed by atoms with Crippen molar-refractivity contribution in [2.75, 3.05) is 7.11 Å². The summed E-state index contributed by atoms with van der Waals surface area (Å²) in [6, 6.07) is 0. The Hall–Kier alpha value is -1.19. The van der Waals surface area contributed by atoms with Gasteiger partial charge in [0.15, 0.2) is 5.75 Å². The van der Waals surface area contributed by atoms with Gasteiger partial charge in [-0.15, -0.1) is 0 Å². The third-order valence-corrected chi connectivity index (χ3v) is 1.05. The molecule has 0 fully saturated rings. The summed E-state index contributed by atoms with van der Waals surface area (Å²) in [6.45, 7) is 1.61. The molecule has 0 unspecified atom stereocenters. The third kappa shape index (κ3) is 1.21. The molecule has 0 N–H and O–H groups in total. The van der Waals surface area contributed by atoms with Crippen LogP contribution in [-0.2, 0) is 0 Å². The van der Waals surface area contributed by atoms with Crippen molar-refractivity contribution in [2.24, 2.45) is 0 Å². The van der Waals surface area contributed by atoms with E-state index >= 15 is 0 Å². The lowest BCUT2D eigenvalue weighted by Gasteiger charge is -1.98. The van der Waals surface area contributed by atoms with Crippen LogP contribution in [0.25, 0.3) is 0 Å². The smallest absolute Gasteiger partial charge is 0.258 e. The van der Waals surface area contributed by atoms with E-state index in [4.69, 9.17) is 0 Å². The van der Waals surface area contributed by atoms with Gasteiger partial charge in [-0.2, -0.15) is 4.39 Å². The molecule has 1 heterocycles. The van der Waals surface area contributed by atoms with E-state index in [0.717, 1.165) is 0 Å². The molecule has 54 valence electrons. The average molecular weight is 142 g/mol. The summed E-state index contributed by atoms with van der Waals surface area (Å²) in [5, 5.41) is 0. The summed E-state index contributed by atoms with van der Waals surface area (Å²) >= 11 is 0. The van der Waals surface area contributed by atoms with Crippen LogP contribution in [0.15, 0.2) is 6.20 Å². The quantitative estimate of drug-likeness (QED) is 0.547. The molecule has 3 nitrogen and oxygen atoms in total. The van der Waals surface area contributed by atoms with E-state index in [9.17, 15) is 4.39 Å². The van der Waals surface area contributed by atoms with Crippen LogP contribution < -0.4 is 4.74 Å². The zero-order valence-corrected chi connectivity index (χ0v) is 5.76. The third-order valence-electron chi connectivity index (χ3n) is 1.05. The number of aromatic nitrogens is 2. The molecule has 1 aromatic heterocycles. The summed E-state index contributed by atoms with van der Waals surface area (Å²) < 4.78 is 17.2. The first-order valence-corrected chi connectivity index (χ1v) is 2.77. The Bertz CT molecular complexity index is 239. The molecular weight excluding hydrogens is 135 g/mol. The van der Waals surface area contributed by atoms with Crippen molar-refractivity contribution in [3.8, 4) is 5.75 Å². The van der Waals surface area contributed by atoms with E-state index in [1.807, 2.05) is 0 Å². The second kappa shape index (κ2) is 2.60. The van der Waals surface area contributed by atoms with Gasteiger partial charge in [0.25, 0.3) is 5.95 Å². The molecule has 0 aliphatic carbocycles. The largest absolute Gasteiger partial charge is 0.491 e. The van der Waals surface area contributed by atoms with Crippen molar-refractivity contribution in [1.82, 2.24) is 9.97 Å². The Kier molecular flexibility index (Phi) is 1.80. The van der Waals surface area contributed by atoms with Crippen LogP contribution >= 0.6 is 0 Å². The van der Waals surface area contributed by atoms with E-state index in [-0.39, 0.29) is 5.75 Å². The number of methoxy groups -OCH3 is 1. The van der Waals surface area contributed by atoms with Gasteiger partial charge in [0.2, 0.25) is 0 Å². The van der Waals surface area contributed by atoms with Crippen LogP contribution in [0.3, 0.4) is 0 Å². The standard InChI is InChI=1S/C6H7FN2O/c1-4-8-3-5(10-2)6(7)9-4/h3H,1-2H3. The second-order valence-electron chi connectivity index (χ2n) is 1.78. The summed E-state index contributed by atoms with van der Waals surface area (Å²) in [5.74, 6) is -0.140. The predicted octanol–water partition coefficient (Wildman–Crippen LogP) is 0.933. The molecule has 1 rings (SSSR count). The Morgan fingerprint density at radius 2 is 2.30 bits per heavy atom. The van der Waals surface area contributed by atoms with Crippen LogP contribution in [0.5, 0.6) is 5.75 Å². The lowest BCUT2D eigenvalue weighted by Crippen LogP contribution is -1.95. The molecule has 1 aromatic rings. The molecular formula is C6H7FN2O. The summed E-state index contributed by atoms with van der Waals surface area (Å²) in [4.78, 5) is 7.18. The number of hydrogen-bond donors (Lipinski definition) is 0. The van der Waals surface area contributed by atoms with Gasteiger partial charge in [-0.25, -0.2) is 9.97 Å². The average Bonchev–Trinajstić information content (AvgIpc) is 1.88. The molecule has 0 aliphatic heterocycles. The van der Waals surface area contributed by atoms with Crippen LogP contribution in [0, 0.1) is 12.9 Å². The van der Waals surface area contributed by atoms with Crippen molar-refractivity contribution < 1.29 is 9.13 Å². The minimum absolute atomic E-state index is 0.0746. The predicted molar refractivity (Wildman–Crippen MR) is 33.3 cm³/mol. The minimum Gasteiger partial charge on any atom is -0.491 e. The first kappa shape index (κ1) is 6.92. The fourth-order valence-electron chi connectivity index (χ4n) is 0.568. The fourth-order valence-corrected chi connectivity index (χ4v) is 0.568. The van der Waals surface area contributed by atoms with E-state index in [1.165, 1.54) is 13.3 Å². The number of ether oxygens (including phenoxy) is 1. The topological polar surface area (TPSA) is 35.0 Å². The van der Waals surface area contributed by atoms with E-state index in [0.29, 0.717) is 5.82 Å². The van der Waals surface area contributed by atoms with Crippen LogP contribution in [-0.4, -0.2) is 17.1 Å². The maximum Gasteiger partial charge on any atom is 0.258 e. The second-order valence-corrected chi connectivity index (χ2v) is 1.78. The van der Waals surface area contributed by atoms with Crippen molar-refractivity contribution >= 4 is 0 Å². The van der Waals surface area contributed by atoms with Crippen LogP contribution in [0.1, 0.15) is 5.82 Å². The Morgan fingerprint density at radius 3 is 2.80 bits per heavy atom. The number of halogens is 1.